The van der Waals surface area contributed by atoms with Crippen molar-refractivity contribution >= 4 is 29.3 Å². The Hall–Kier alpha value is -3.68. The van der Waals surface area contributed by atoms with Gasteiger partial charge in [0.1, 0.15) is 5.75 Å². The van der Waals surface area contributed by atoms with E-state index in [1.54, 1.807) is 62.6 Å². The summed E-state index contributed by atoms with van der Waals surface area (Å²) in [5.41, 5.74) is 1.29. The van der Waals surface area contributed by atoms with Gasteiger partial charge in [0.25, 0.3) is 11.8 Å². The largest absolute Gasteiger partial charge is 0.497 e. The van der Waals surface area contributed by atoms with E-state index >= 15 is 0 Å². The monoisotopic (exact) mass is 409 g/mol. The maximum Gasteiger partial charge on any atom is 0.261 e. The molecule has 2 aromatic carbocycles. The molecule has 0 fully saturated rings. The van der Waals surface area contributed by atoms with Crippen molar-refractivity contribution in [2.45, 2.75) is 13.3 Å². The summed E-state index contributed by atoms with van der Waals surface area (Å²) in [4.78, 5) is 52.1. The quantitative estimate of drug-likeness (QED) is 0.674. The van der Waals surface area contributed by atoms with Crippen molar-refractivity contribution in [1.82, 2.24) is 9.80 Å². The van der Waals surface area contributed by atoms with E-state index in [2.05, 4.69) is 5.32 Å². The lowest BCUT2D eigenvalue weighted by Gasteiger charge is -2.22. The molecule has 0 saturated carbocycles. The van der Waals surface area contributed by atoms with Crippen molar-refractivity contribution in [3.8, 4) is 5.75 Å². The maximum absolute atomic E-state index is 12.6. The molecule has 2 aromatic rings. The van der Waals surface area contributed by atoms with E-state index in [4.69, 9.17) is 4.74 Å². The molecule has 1 heterocycles. The summed E-state index contributed by atoms with van der Waals surface area (Å²) in [5.74, 6) is -0.769. The second-order valence-corrected chi connectivity index (χ2v) is 6.74. The summed E-state index contributed by atoms with van der Waals surface area (Å²) in [7, 11) is 1.56. The topological polar surface area (TPSA) is 96.0 Å². The molecule has 0 radical (unpaired) electrons. The lowest BCUT2D eigenvalue weighted by atomic mass is 10.1. The summed E-state index contributed by atoms with van der Waals surface area (Å²) in [6.07, 6.45) is -0.0465. The number of likely N-dealkylation sites (N-methyl/N-ethyl adjacent to an activating group) is 1. The van der Waals surface area contributed by atoms with Crippen LogP contribution in [0.1, 0.15) is 34.1 Å². The minimum atomic E-state index is -0.399. The molecule has 1 aliphatic rings. The number of hydrogen-bond acceptors (Lipinski definition) is 5. The number of nitrogens with one attached hydrogen (secondary N) is 1. The molecule has 1 N–H and O–H groups in total. The number of methoxy groups -OCH3 is 1. The van der Waals surface area contributed by atoms with E-state index in [9.17, 15) is 19.2 Å². The van der Waals surface area contributed by atoms with Crippen molar-refractivity contribution in [3.05, 3.63) is 59.7 Å². The van der Waals surface area contributed by atoms with Crippen molar-refractivity contribution < 1.29 is 23.9 Å². The minimum Gasteiger partial charge on any atom is -0.497 e. The molecule has 1 aliphatic heterocycles. The Bertz CT molecular complexity index is 936. The number of ether oxygens (including phenoxy) is 1. The zero-order valence-electron chi connectivity index (χ0n) is 16.9. The van der Waals surface area contributed by atoms with Gasteiger partial charge >= 0.3 is 0 Å². The average Bonchev–Trinajstić information content (AvgIpc) is 3.01. The molecule has 156 valence electrons. The molecule has 0 atom stereocenters. The van der Waals surface area contributed by atoms with Gasteiger partial charge in [-0.2, -0.15) is 0 Å². The smallest absolute Gasteiger partial charge is 0.261 e. The maximum atomic E-state index is 12.6. The van der Waals surface area contributed by atoms with E-state index in [1.165, 1.54) is 4.90 Å². The predicted octanol–water partition coefficient (Wildman–Crippen LogP) is 2.17. The van der Waals surface area contributed by atoms with Crippen molar-refractivity contribution in [3.63, 3.8) is 0 Å². The van der Waals surface area contributed by atoms with Crippen LogP contribution in [-0.4, -0.2) is 60.2 Å². The van der Waals surface area contributed by atoms with Crippen LogP contribution in [0.4, 0.5) is 5.69 Å². The number of amides is 4. The first-order valence-corrected chi connectivity index (χ1v) is 9.61. The summed E-state index contributed by atoms with van der Waals surface area (Å²) >= 11 is 0. The number of anilines is 1. The molecule has 0 saturated heterocycles. The first-order valence-electron chi connectivity index (χ1n) is 9.61. The van der Waals surface area contributed by atoms with E-state index in [0.717, 1.165) is 4.90 Å². The van der Waals surface area contributed by atoms with Gasteiger partial charge in [-0.25, -0.2) is 0 Å². The fourth-order valence-electron chi connectivity index (χ4n) is 3.23. The van der Waals surface area contributed by atoms with E-state index in [1.807, 2.05) is 0 Å². The first kappa shape index (κ1) is 21.0. The van der Waals surface area contributed by atoms with Crippen LogP contribution in [0, 0.1) is 0 Å². The van der Waals surface area contributed by atoms with Gasteiger partial charge in [-0.05, 0) is 43.3 Å². The lowest BCUT2D eigenvalue weighted by Crippen LogP contribution is -2.40. The van der Waals surface area contributed by atoms with Crippen LogP contribution < -0.4 is 10.1 Å². The molecule has 8 nitrogen and oxygen atoms in total. The number of hydrogen-bond donors (Lipinski definition) is 1. The van der Waals surface area contributed by atoms with Crippen LogP contribution in [-0.2, 0) is 9.59 Å². The number of imide groups is 1. The highest BCUT2D eigenvalue weighted by molar-refractivity contribution is 6.21. The second-order valence-electron chi connectivity index (χ2n) is 6.74. The normalized spacial score (nSPS) is 12.5. The van der Waals surface area contributed by atoms with E-state index < -0.39 is 11.8 Å². The highest BCUT2D eigenvalue weighted by Gasteiger charge is 2.35. The third-order valence-electron chi connectivity index (χ3n) is 4.87. The SMILES string of the molecule is CCN(CC(=O)Nc1ccc(OC)cc1)C(=O)CCN1C(=O)c2ccccc2C1=O. The van der Waals surface area contributed by atoms with Crippen LogP contribution in [0.3, 0.4) is 0 Å². The average molecular weight is 409 g/mol. The molecule has 8 heteroatoms. The molecule has 0 aliphatic carbocycles. The predicted molar refractivity (Wildman–Crippen MR) is 110 cm³/mol. The van der Waals surface area contributed by atoms with Crippen LogP contribution in [0.2, 0.25) is 0 Å². The Morgan fingerprint density at radius 2 is 1.60 bits per heavy atom. The fourth-order valence-corrected chi connectivity index (χ4v) is 3.23. The molecule has 0 bridgehead atoms. The molecule has 0 unspecified atom stereocenters. The molecule has 0 spiro atoms. The number of carbonyl (C=O) groups excluding carboxylic acids is 4. The van der Waals surface area contributed by atoms with Crippen molar-refractivity contribution in [1.29, 1.82) is 0 Å². The van der Waals surface area contributed by atoms with E-state index in [-0.39, 0.29) is 31.3 Å². The fraction of sp³-hybridized carbons (Fsp3) is 0.273. The number of nitrogens with zero attached hydrogens (tertiary/aromatic N) is 2. The summed E-state index contributed by atoms with van der Waals surface area (Å²) in [6, 6.07) is 13.4. The standard InChI is InChI=1S/C22H23N3O5/c1-3-24(14-19(26)23-15-8-10-16(30-2)11-9-15)20(27)12-13-25-21(28)17-6-4-5-7-18(17)22(25)29/h4-11H,3,12-14H2,1-2H3,(H,23,26). The molecular formula is C22H23N3O5. The van der Waals surface area contributed by atoms with Gasteiger partial charge < -0.3 is 15.0 Å². The Kier molecular flexibility index (Phi) is 6.46. The number of benzene rings is 2. The third kappa shape index (κ3) is 4.48. The van der Waals surface area contributed by atoms with Crippen LogP contribution >= 0.6 is 0 Å². The van der Waals surface area contributed by atoms with Gasteiger partial charge in [0.2, 0.25) is 11.8 Å². The van der Waals surface area contributed by atoms with Gasteiger partial charge in [0, 0.05) is 25.2 Å². The zero-order valence-corrected chi connectivity index (χ0v) is 16.9. The van der Waals surface area contributed by atoms with Gasteiger partial charge in [-0.15, -0.1) is 0 Å². The molecule has 3 rings (SSSR count). The van der Waals surface area contributed by atoms with Crippen molar-refractivity contribution in [2.24, 2.45) is 0 Å². The van der Waals surface area contributed by atoms with Gasteiger partial charge in [0.05, 0.1) is 24.8 Å². The minimum absolute atomic E-state index is 0.0260. The zero-order chi connectivity index (χ0) is 21.7. The summed E-state index contributed by atoms with van der Waals surface area (Å²) in [6.45, 7) is 1.95. The van der Waals surface area contributed by atoms with Gasteiger partial charge in [-0.1, -0.05) is 12.1 Å². The molecule has 0 aromatic heterocycles. The summed E-state index contributed by atoms with van der Waals surface area (Å²) < 4.78 is 5.07. The third-order valence-corrected chi connectivity index (χ3v) is 4.87. The first-order chi connectivity index (χ1) is 14.4. The molecular weight excluding hydrogens is 386 g/mol. The highest BCUT2D eigenvalue weighted by atomic mass is 16.5. The van der Waals surface area contributed by atoms with Crippen LogP contribution in [0.15, 0.2) is 48.5 Å². The molecule has 30 heavy (non-hydrogen) atoms. The van der Waals surface area contributed by atoms with Crippen LogP contribution in [0.5, 0.6) is 5.75 Å². The Labute approximate surface area is 174 Å². The van der Waals surface area contributed by atoms with E-state index in [0.29, 0.717) is 29.1 Å². The number of fused-ring (bicyclic) bond motifs is 1. The van der Waals surface area contributed by atoms with Crippen LogP contribution in [0.25, 0.3) is 0 Å². The Morgan fingerprint density at radius 3 is 2.13 bits per heavy atom. The highest BCUT2D eigenvalue weighted by Crippen LogP contribution is 2.22. The summed E-state index contributed by atoms with van der Waals surface area (Å²) in [5, 5.41) is 2.73. The number of rotatable bonds is 8. The second kappa shape index (κ2) is 9.21. The number of carbonyl (C=O) groups is 4. The van der Waals surface area contributed by atoms with Crippen molar-refractivity contribution in [2.75, 3.05) is 32.1 Å². The van der Waals surface area contributed by atoms with Gasteiger partial charge in [0.15, 0.2) is 0 Å². The van der Waals surface area contributed by atoms with Gasteiger partial charge in [-0.3, -0.25) is 24.1 Å². The Morgan fingerprint density at radius 1 is 1.00 bits per heavy atom. The molecule has 4 amide bonds. The lowest BCUT2D eigenvalue weighted by molar-refractivity contribution is -0.134. The Balaban J connectivity index is 1.54.